The molecule has 4 nitrogen and oxygen atoms in total. The van der Waals surface area contributed by atoms with E-state index in [-0.39, 0.29) is 17.8 Å². The van der Waals surface area contributed by atoms with Crippen LogP contribution < -0.4 is 10.6 Å². The van der Waals surface area contributed by atoms with Crippen molar-refractivity contribution in [3.63, 3.8) is 0 Å². The monoisotopic (exact) mass is 303 g/mol. The molecule has 2 saturated heterocycles. The number of fused-ring (bicyclic) bond motifs is 2. The van der Waals surface area contributed by atoms with Crippen LogP contribution in [0, 0.1) is 5.82 Å². The van der Waals surface area contributed by atoms with Gasteiger partial charge in [-0.2, -0.15) is 13.2 Å². The third-order valence-corrected chi connectivity index (χ3v) is 4.01. The predicted molar refractivity (Wildman–Crippen MR) is 65.0 cm³/mol. The topological polar surface area (TPSA) is 54.0 Å². The summed E-state index contributed by atoms with van der Waals surface area (Å²) in [5, 5.41) is 6.02. The highest BCUT2D eigenvalue weighted by atomic mass is 19.4. The van der Waals surface area contributed by atoms with E-state index in [1.54, 1.807) is 0 Å². The van der Waals surface area contributed by atoms with Crippen LogP contribution >= 0.6 is 0 Å². The Morgan fingerprint density at radius 2 is 2.14 bits per heavy atom. The number of nitrogens with one attached hydrogen (secondary N) is 2. The predicted octanol–water partition coefficient (Wildman–Crippen LogP) is 1.86. The Hall–Kier alpha value is -1.70. The third-order valence-electron chi connectivity index (χ3n) is 4.01. The highest BCUT2D eigenvalue weighted by Crippen LogP contribution is 2.31. The number of rotatable bonds is 2. The number of halogens is 4. The van der Waals surface area contributed by atoms with Crippen molar-refractivity contribution >= 4 is 5.91 Å². The first-order valence-electron chi connectivity index (χ1n) is 6.64. The Kier molecular flexibility index (Phi) is 3.35. The van der Waals surface area contributed by atoms with Gasteiger partial charge in [0, 0.05) is 30.4 Å². The normalized spacial score (nSPS) is 27.9. The van der Waals surface area contributed by atoms with Gasteiger partial charge in [0.15, 0.2) is 0 Å². The van der Waals surface area contributed by atoms with E-state index in [1.165, 1.54) is 0 Å². The fraction of sp³-hybridized carbons (Fsp3) is 0.538. The van der Waals surface area contributed by atoms with E-state index < -0.39 is 23.5 Å². The van der Waals surface area contributed by atoms with Crippen LogP contribution in [-0.4, -0.2) is 29.0 Å². The summed E-state index contributed by atoms with van der Waals surface area (Å²) in [6.45, 7) is 0. The standard InChI is InChI=1S/C13H13F4N3O/c14-8-4-11(18-5-7(8)13(15,16)17)12(21)20-10-3-6-1-2-9(10)19-6/h4-6,9-10,19H,1-3H2,(H,20,21)/t6-,9+,10-/m1/s1. The highest BCUT2D eigenvalue weighted by molar-refractivity contribution is 5.92. The number of carbonyl (C=O) groups excluding carboxylic acids is 1. The molecule has 0 aromatic carbocycles. The minimum atomic E-state index is -4.82. The molecule has 1 amide bonds. The van der Waals surface area contributed by atoms with Crippen molar-refractivity contribution in [2.45, 2.75) is 43.6 Å². The van der Waals surface area contributed by atoms with Crippen LogP contribution in [0.4, 0.5) is 17.6 Å². The lowest BCUT2D eigenvalue weighted by Crippen LogP contribution is -2.43. The van der Waals surface area contributed by atoms with E-state index in [4.69, 9.17) is 0 Å². The van der Waals surface area contributed by atoms with Gasteiger partial charge in [0.2, 0.25) is 0 Å². The van der Waals surface area contributed by atoms with Crippen LogP contribution in [0.2, 0.25) is 0 Å². The average Bonchev–Trinajstić information content (AvgIpc) is 2.99. The number of aromatic nitrogens is 1. The van der Waals surface area contributed by atoms with Gasteiger partial charge in [0.1, 0.15) is 17.1 Å². The molecule has 2 bridgehead atoms. The Balaban J connectivity index is 1.72. The van der Waals surface area contributed by atoms with Crippen LogP contribution in [0.3, 0.4) is 0 Å². The number of amides is 1. The first-order chi connectivity index (χ1) is 9.84. The fourth-order valence-corrected chi connectivity index (χ4v) is 2.99. The molecule has 3 rings (SSSR count). The molecule has 2 aliphatic heterocycles. The Morgan fingerprint density at radius 3 is 2.67 bits per heavy atom. The van der Waals surface area contributed by atoms with Gasteiger partial charge in [0.05, 0.1) is 0 Å². The molecule has 3 heterocycles. The molecular formula is C13H13F4N3O. The van der Waals surface area contributed by atoms with Crippen molar-refractivity contribution in [3.8, 4) is 0 Å². The van der Waals surface area contributed by atoms with Crippen LogP contribution in [0.1, 0.15) is 35.3 Å². The second-order valence-corrected chi connectivity index (χ2v) is 5.41. The maximum absolute atomic E-state index is 13.4. The number of alkyl halides is 3. The smallest absolute Gasteiger partial charge is 0.346 e. The zero-order valence-electron chi connectivity index (χ0n) is 10.9. The van der Waals surface area contributed by atoms with Gasteiger partial charge in [0.25, 0.3) is 5.91 Å². The molecule has 2 fully saturated rings. The van der Waals surface area contributed by atoms with E-state index in [0.29, 0.717) is 18.3 Å². The zero-order chi connectivity index (χ0) is 15.2. The SMILES string of the molecule is O=C(N[C@@H]1C[C@H]2CC[C@@H]1N2)c1cc(F)c(C(F)(F)F)cn1. The molecule has 2 N–H and O–H groups in total. The maximum atomic E-state index is 13.4. The van der Waals surface area contributed by atoms with E-state index in [2.05, 4.69) is 15.6 Å². The van der Waals surface area contributed by atoms with Crippen molar-refractivity contribution in [3.05, 3.63) is 29.3 Å². The van der Waals surface area contributed by atoms with Crippen molar-refractivity contribution < 1.29 is 22.4 Å². The molecule has 0 unspecified atom stereocenters. The first-order valence-corrected chi connectivity index (χ1v) is 6.64. The van der Waals surface area contributed by atoms with Gasteiger partial charge in [-0.15, -0.1) is 0 Å². The molecule has 21 heavy (non-hydrogen) atoms. The maximum Gasteiger partial charge on any atom is 0.420 e. The summed E-state index contributed by atoms with van der Waals surface area (Å²) in [5.74, 6) is -2.14. The van der Waals surface area contributed by atoms with Gasteiger partial charge >= 0.3 is 6.18 Å². The second-order valence-electron chi connectivity index (χ2n) is 5.41. The van der Waals surface area contributed by atoms with Crippen LogP contribution in [0.5, 0.6) is 0 Å². The summed E-state index contributed by atoms with van der Waals surface area (Å²) < 4.78 is 50.7. The molecule has 0 radical (unpaired) electrons. The second kappa shape index (κ2) is 4.94. The molecule has 1 aromatic rings. The Bertz CT molecular complexity index is 575. The molecule has 0 spiro atoms. The molecule has 114 valence electrons. The number of carbonyl (C=O) groups is 1. The van der Waals surface area contributed by atoms with Gasteiger partial charge in [-0.05, 0) is 19.3 Å². The summed E-state index contributed by atoms with van der Waals surface area (Å²) in [5.41, 5.74) is -1.82. The lowest BCUT2D eigenvalue weighted by Gasteiger charge is -2.21. The number of nitrogens with zero attached hydrogens (tertiary/aromatic N) is 1. The van der Waals surface area contributed by atoms with E-state index >= 15 is 0 Å². The minimum Gasteiger partial charge on any atom is -0.346 e. The van der Waals surface area contributed by atoms with Gasteiger partial charge < -0.3 is 10.6 Å². The van der Waals surface area contributed by atoms with Crippen molar-refractivity contribution in [2.75, 3.05) is 0 Å². The summed E-state index contributed by atoms with van der Waals surface area (Å²) in [7, 11) is 0. The summed E-state index contributed by atoms with van der Waals surface area (Å²) >= 11 is 0. The van der Waals surface area contributed by atoms with Crippen molar-refractivity contribution in [1.29, 1.82) is 0 Å². The van der Waals surface area contributed by atoms with E-state index in [9.17, 15) is 22.4 Å². The number of hydrogen-bond acceptors (Lipinski definition) is 3. The molecule has 2 aliphatic rings. The summed E-state index contributed by atoms with van der Waals surface area (Å²) in [6.07, 6.45) is -1.68. The largest absolute Gasteiger partial charge is 0.420 e. The summed E-state index contributed by atoms with van der Waals surface area (Å²) in [4.78, 5) is 15.4. The molecule has 3 atom stereocenters. The molecular weight excluding hydrogens is 290 g/mol. The van der Waals surface area contributed by atoms with E-state index in [1.807, 2.05) is 0 Å². The first kappa shape index (κ1) is 14.2. The quantitative estimate of drug-likeness (QED) is 0.820. The molecule has 0 aliphatic carbocycles. The third kappa shape index (κ3) is 2.72. The average molecular weight is 303 g/mol. The van der Waals surface area contributed by atoms with Gasteiger partial charge in [-0.3, -0.25) is 9.78 Å². The van der Waals surface area contributed by atoms with Crippen LogP contribution in [-0.2, 0) is 6.18 Å². The zero-order valence-corrected chi connectivity index (χ0v) is 10.9. The van der Waals surface area contributed by atoms with E-state index in [0.717, 1.165) is 19.3 Å². The van der Waals surface area contributed by atoms with Gasteiger partial charge in [-0.1, -0.05) is 0 Å². The molecule has 8 heteroatoms. The summed E-state index contributed by atoms with van der Waals surface area (Å²) in [6, 6.07) is 0.998. The highest BCUT2D eigenvalue weighted by Gasteiger charge is 2.40. The lowest BCUT2D eigenvalue weighted by atomic mass is 9.95. The molecule has 1 aromatic heterocycles. The van der Waals surface area contributed by atoms with Crippen molar-refractivity contribution in [1.82, 2.24) is 15.6 Å². The lowest BCUT2D eigenvalue weighted by molar-refractivity contribution is -0.140. The number of hydrogen-bond donors (Lipinski definition) is 2. The molecule has 0 saturated carbocycles. The van der Waals surface area contributed by atoms with Gasteiger partial charge in [-0.25, -0.2) is 4.39 Å². The Morgan fingerprint density at radius 1 is 1.38 bits per heavy atom. The fourth-order valence-electron chi connectivity index (χ4n) is 2.99. The van der Waals surface area contributed by atoms with Crippen molar-refractivity contribution in [2.24, 2.45) is 0 Å². The van der Waals surface area contributed by atoms with Crippen LogP contribution in [0.25, 0.3) is 0 Å². The number of pyridine rings is 1. The van der Waals surface area contributed by atoms with Crippen LogP contribution in [0.15, 0.2) is 12.3 Å². The Labute approximate surface area is 117 Å². The minimum absolute atomic E-state index is 0.0802.